The fraction of sp³-hybridized carbons (Fsp3) is 0.426. The van der Waals surface area contributed by atoms with Gasteiger partial charge in [-0.3, -0.25) is 14.9 Å². The number of carboxylic acid groups (broad SMARTS) is 1. The van der Waals surface area contributed by atoms with Gasteiger partial charge in [0, 0.05) is 6.42 Å². The lowest BCUT2D eigenvalue weighted by atomic mass is 9.67. The Labute approximate surface area is 360 Å². The van der Waals surface area contributed by atoms with Crippen molar-refractivity contribution >= 4 is 39.6 Å². The molecule has 0 saturated carbocycles. The minimum atomic E-state index is -4.69. The number of nitrogens with zero attached hydrogens (tertiary/aromatic N) is 1. The highest BCUT2D eigenvalue weighted by atomic mass is 32.2. The van der Waals surface area contributed by atoms with E-state index in [2.05, 4.69) is 10.6 Å². The molecule has 0 heterocycles. The van der Waals surface area contributed by atoms with Gasteiger partial charge in [0.2, 0.25) is 5.91 Å². The van der Waals surface area contributed by atoms with Crippen LogP contribution in [-0.4, -0.2) is 78.5 Å². The number of hydroxylamine groups is 2. The van der Waals surface area contributed by atoms with Crippen LogP contribution in [0.3, 0.4) is 0 Å². The monoisotopic (exact) mass is 859 g/mol. The van der Waals surface area contributed by atoms with Gasteiger partial charge in [-0.25, -0.2) is 18.0 Å². The quantitative estimate of drug-likeness (QED) is 0.0376. The van der Waals surface area contributed by atoms with Gasteiger partial charge in [0.15, 0.2) is 9.84 Å². The van der Waals surface area contributed by atoms with Crippen LogP contribution in [0.15, 0.2) is 121 Å². The molecule has 4 rings (SSSR count). The molecule has 0 radical (unpaired) electrons. The Morgan fingerprint density at radius 2 is 1.27 bits per heavy atom. The molecule has 60 heavy (non-hydrogen) atoms. The Morgan fingerprint density at radius 1 is 0.750 bits per heavy atom. The summed E-state index contributed by atoms with van der Waals surface area (Å²) in [5.74, 6) is -2.44. The maximum atomic E-state index is 16.2. The highest BCUT2D eigenvalue weighted by Gasteiger charge is 2.74. The average Bonchev–Trinajstić information content (AvgIpc) is 3.21. The van der Waals surface area contributed by atoms with Crippen molar-refractivity contribution < 1.29 is 37.5 Å². The number of sulfone groups is 1. The van der Waals surface area contributed by atoms with Crippen molar-refractivity contribution in [2.24, 2.45) is 0 Å². The maximum Gasteiger partial charge on any atom is 0.410 e. The van der Waals surface area contributed by atoms with Gasteiger partial charge in [-0.15, -0.1) is 0 Å². The molecule has 2 atom stereocenters. The number of aliphatic carboxylic acids is 1. The lowest BCUT2D eigenvalue weighted by Crippen LogP contribution is -2.86. The first-order chi connectivity index (χ1) is 28.6. The van der Waals surface area contributed by atoms with E-state index in [9.17, 15) is 14.7 Å². The third-order valence-electron chi connectivity index (χ3n) is 10.4. The Bertz CT molecular complexity index is 2030. The maximum absolute atomic E-state index is 16.2. The first-order valence-electron chi connectivity index (χ1n) is 20.4. The van der Waals surface area contributed by atoms with Gasteiger partial charge in [0.05, 0.1) is 17.9 Å². The van der Waals surface area contributed by atoms with Crippen molar-refractivity contribution in [3.63, 3.8) is 0 Å². The van der Waals surface area contributed by atoms with Crippen LogP contribution in [0.25, 0.3) is 0 Å². The van der Waals surface area contributed by atoms with Crippen LogP contribution in [0.4, 0.5) is 4.79 Å². The summed E-state index contributed by atoms with van der Waals surface area (Å²) in [6.45, 7) is 8.30. The summed E-state index contributed by atoms with van der Waals surface area (Å²) in [7, 11) is -4.69. The number of thioether (sulfide) groups is 1. The zero-order valence-electron chi connectivity index (χ0n) is 35.7. The summed E-state index contributed by atoms with van der Waals surface area (Å²) in [4.78, 5) is 51.0. The fourth-order valence-electron chi connectivity index (χ4n) is 7.77. The number of ether oxygens (including phenoxy) is 1. The molecule has 0 aliphatic rings. The van der Waals surface area contributed by atoms with Gasteiger partial charge < -0.3 is 15.2 Å². The molecule has 0 aromatic heterocycles. The lowest BCUT2D eigenvalue weighted by Gasteiger charge is -2.58. The third kappa shape index (κ3) is 11.0. The Morgan fingerprint density at radius 3 is 1.75 bits per heavy atom. The van der Waals surface area contributed by atoms with Crippen molar-refractivity contribution in [2.75, 3.05) is 25.2 Å². The van der Waals surface area contributed by atoms with E-state index >= 15 is 13.2 Å². The topological polar surface area (TPSA) is 151 Å². The lowest BCUT2D eigenvalue weighted by molar-refractivity contribution is -0.250. The molecule has 11 nitrogen and oxygen atoms in total. The molecule has 0 aliphatic heterocycles. The zero-order chi connectivity index (χ0) is 43.9. The summed E-state index contributed by atoms with van der Waals surface area (Å²) < 4.78 is 35.9. The van der Waals surface area contributed by atoms with Crippen LogP contribution < -0.4 is 10.6 Å². The molecule has 0 spiro atoms. The van der Waals surface area contributed by atoms with Gasteiger partial charge in [-0.1, -0.05) is 141 Å². The predicted molar refractivity (Wildman–Crippen MR) is 239 cm³/mol. The molecule has 0 aliphatic carbocycles. The zero-order valence-corrected chi connectivity index (χ0v) is 37.3. The SMILES string of the molecule is CCCCCON(C(=O)CCc1ccccc1)[C@@](NC(=O)OC(C)(C)C)(C(=O)O)[C@](C)(NCCCSC)C(c1ccccc1)(c1ccccc1)S(=O)(=O)Cc1ccccc1. The van der Waals surface area contributed by atoms with Crippen LogP contribution >= 0.6 is 11.8 Å². The smallest absolute Gasteiger partial charge is 0.410 e. The first kappa shape index (κ1) is 48.0. The molecular weight excluding hydrogens is 799 g/mol. The summed E-state index contributed by atoms with van der Waals surface area (Å²) >= 11 is 1.57. The number of amides is 2. The van der Waals surface area contributed by atoms with Crippen molar-refractivity contribution in [1.82, 2.24) is 15.7 Å². The van der Waals surface area contributed by atoms with Crippen LogP contribution in [0, 0.1) is 0 Å². The second-order valence-corrected chi connectivity index (χ2v) is 19.0. The van der Waals surface area contributed by atoms with Crippen LogP contribution in [0.1, 0.15) is 89.0 Å². The third-order valence-corrected chi connectivity index (χ3v) is 13.6. The highest BCUT2D eigenvalue weighted by Crippen LogP contribution is 2.53. The first-order valence-corrected chi connectivity index (χ1v) is 23.5. The second-order valence-electron chi connectivity index (χ2n) is 15.9. The molecule has 2 amide bonds. The number of rotatable bonds is 23. The van der Waals surface area contributed by atoms with Crippen molar-refractivity contribution in [1.29, 1.82) is 0 Å². The average molecular weight is 860 g/mol. The minimum absolute atomic E-state index is 0.0759. The molecule has 0 unspecified atom stereocenters. The molecule has 0 fully saturated rings. The van der Waals surface area contributed by atoms with Crippen molar-refractivity contribution in [3.05, 3.63) is 144 Å². The van der Waals surface area contributed by atoms with Crippen molar-refractivity contribution in [3.8, 4) is 0 Å². The normalized spacial score (nSPS) is 14.0. The summed E-state index contributed by atoms with van der Waals surface area (Å²) in [6.07, 6.45) is 3.09. The van der Waals surface area contributed by atoms with E-state index in [4.69, 9.17) is 9.57 Å². The Kier molecular flexibility index (Phi) is 17.4. The van der Waals surface area contributed by atoms with Crippen molar-refractivity contribution in [2.45, 2.75) is 100 Å². The fourth-order valence-corrected chi connectivity index (χ4v) is 10.9. The van der Waals surface area contributed by atoms with Gasteiger partial charge in [-0.05, 0) is 87.8 Å². The summed E-state index contributed by atoms with van der Waals surface area (Å²) in [5.41, 5.74) is -4.89. The highest BCUT2D eigenvalue weighted by molar-refractivity contribution is 7.98. The standard InChI is InChI=1S/C47H61N3O8S2/c1-7-8-21-34-57-50(41(51)32-31-37-23-13-9-14-24-37)47(42(52)53,49-43(54)58-44(2,3)4)45(5,48-33-22-35-59-6)46(39-27-17-11-18-28-39,40-29-19-12-20-30-40)60(55,56)36-38-25-15-10-16-26-38/h9-20,23-30,48H,7-8,21-22,31-36H2,1-6H3,(H,49,54)(H,52,53)/t45-,47+/m1/s1. The number of carboxylic acids is 1. The van der Waals surface area contributed by atoms with E-state index in [0.29, 0.717) is 30.6 Å². The number of unbranched alkanes of at least 4 members (excludes halogenated alkanes) is 2. The molecule has 3 N–H and O–H groups in total. The number of hydrogen-bond acceptors (Lipinski definition) is 9. The van der Waals surface area contributed by atoms with Crippen LogP contribution in [0.2, 0.25) is 0 Å². The van der Waals surface area contributed by atoms with Gasteiger partial charge >= 0.3 is 12.1 Å². The van der Waals surface area contributed by atoms with E-state index in [1.165, 1.54) is 6.92 Å². The number of alkyl carbamates (subject to hydrolysis) is 1. The molecule has 324 valence electrons. The van der Waals surface area contributed by atoms with E-state index in [1.54, 1.807) is 124 Å². The molecule has 13 heteroatoms. The predicted octanol–water partition coefficient (Wildman–Crippen LogP) is 8.54. The number of aryl methyl sites for hydroxylation is 1. The minimum Gasteiger partial charge on any atom is -0.478 e. The molecule has 0 saturated heterocycles. The summed E-state index contributed by atoms with van der Waals surface area (Å²) in [6, 6.07) is 34.7. The van der Waals surface area contributed by atoms with Gasteiger partial charge in [-0.2, -0.15) is 16.8 Å². The van der Waals surface area contributed by atoms with E-state index < -0.39 is 55.1 Å². The van der Waals surface area contributed by atoms with Crippen LogP contribution in [-0.2, 0) is 45.9 Å². The second kappa shape index (κ2) is 21.7. The summed E-state index contributed by atoms with van der Waals surface area (Å²) in [5, 5.41) is 19.0. The molecule has 4 aromatic carbocycles. The number of hydrogen-bond donors (Lipinski definition) is 3. The molecular formula is C47H61N3O8S2. The van der Waals surface area contributed by atoms with Gasteiger partial charge in [0.25, 0.3) is 5.66 Å². The largest absolute Gasteiger partial charge is 0.478 e. The van der Waals surface area contributed by atoms with E-state index in [-0.39, 0.29) is 37.1 Å². The van der Waals surface area contributed by atoms with E-state index in [0.717, 1.165) is 17.0 Å². The molecule has 0 bridgehead atoms. The number of carbonyl (C=O) groups excluding carboxylic acids is 2. The Balaban J connectivity index is 2.25. The number of nitrogens with one attached hydrogen (secondary N) is 2. The number of benzene rings is 4. The Hall–Kier alpha value is -4.69. The van der Waals surface area contributed by atoms with Gasteiger partial charge in [0.1, 0.15) is 10.3 Å². The number of carbonyl (C=O) groups is 3. The molecule has 4 aromatic rings. The van der Waals surface area contributed by atoms with E-state index in [1.807, 2.05) is 43.5 Å². The van der Waals surface area contributed by atoms with Crippen LogP contribution in [0.5, 0.6) is 0 Å².